The predicted molar refractivity (Wildman–Crippen MR) is 80.8 cm³/mol. The highest BCUT2D eigenvalue weighted by Crippen LogP contribution is 2.16. The van der Waals surface area contributed by atoms with Crippen LogP contribution in [0.3, 0.4) is 0 Å². The Morgan fingerprint density at radius 1 is 1.40 bits per heavy atom. The van der Waals surface area contributed by atoms with Crippen LogP contribution in [-0.4, -0.2) is 27.6 Å². The van der Waals surface area contributed by atoms with Gasteiger partial charge in [0.05, 0.1) is 6.42 Å². The van der Waals surface area contributed by atoms with Gasteiger partial charge in [-0.25, -0.2) is 0 Å². The highest BCUT2D eigenvalue weighted by molar-refractivity contribution is 9.10. The monoisotopic (exact) mass is 344 g/mol. The fourth-order valence-corrected chi connectivity index (χ4v) is 2.60. The van der Waals surface area contributed by atoms with E-state index in [0.717, 1.165) is 23.9 Å². The third-order valence-corrected chi connectivity index (χ3v) is 3.39. The van der Waals surface area contributed by atoms with Crippen LogP contribution in [0, 0.1) is 0 Å². The van der Waals surface area contributed by atoms with Crippen LogP contribution < -0.4 is 5.32 Å². The molecule has 1 aromatic rings. The van der Waals surface area contributed by atoms with Gasteiger partial charge in [0.2, 0.25) is 0 Å². The summed E-state index contributed by atoms with van der Waals surface area (Å²) in [4.78, 5) is 23.1. The lowest BCUT2D eigenvalue weighted by Crippen LogP contribution is -2.37. The fraction of sp³-hybridized carbons (Fsp3) is 0.571. The van der Waals surface area contributed by atoms with Crippen molar-refractivity contribution in [3.05, 3.63) is 22.4 Å². The second-order valence-electron chi connectivity index (χ2n) is 4.79. The maximum absolute atomic E-state index is 12.3. The van der Waals surface area contributed by atoms with Crippen molar-refractivity contribution < 1.29 is 14.7 Å². The van der Waals surface area contributed by atoms with Crippen molar-refractivity contribution in [3.8, 4) is 0 Å². The Kier molecular flexibility index (Phi) is 6.78. The van der Waals surface area contributed by atoms with Crippen LogP contribution in [0.5, 0.6) is 0 Å². The summed E-state index contributed by atoms with van der Waals surface area (Å²) < 4.78 is 2.73. The van der Waals surface area contributed by atoms with E-state index in [1.807, 2.05) is 24.6 Å². The summed E-state index contributed by atoms with van der Waals surface area (Å²) in [7, 11) is 0. The van der Waals surface area contributed by atoms with Crippen LogP contribution in [0.4, 0.5) is 0 Å². The molecule has 1 heterocycles. The van der Waals surface area contributed by atoms with E-state index in [9.17, 15) is 9.59 Å². The summed E-state index contributed by atoms with van der Waals surface area (Å²) in [5, 5.41) is 11.7. The zero-order valence-electron chi connectivity index (χ0n) is 11.9. The van der Waals surface area contributed by atoms with E-state index >= 15 is 0 Å². The second-order valence-corrected chi connectivity index (χ2v) is 5.71. The molecular formula is C14H21BrN2O3. The van der Waals surface area contributed by atoms with Crippen molar-refractivity contribution in [1.82, 2.24) is 9.88 Å². The first-order valence-electron chi connectivity index (χ1n) is 6.86. The number of hydrogen-bond donors (Lipinski definition) is 2. The third kappa shape index (κ3) is 5.00. The highest BCUT2D eigenvalue weighted by Gasteiger charge is 2.19. The van der Waals surface area contributed by atoms with Gasteiger partial charge in [0.25, 0.3) is 5.91 Å². The van der Waals surface area contributed by atoms with Gasteiger partial charge in [-0.15, -0.1) is 0 Å². The summed E-state index contributed by atoms with van der Waals surface area (Å²) in [6.45, 7) is 4.77. The van der Waals surface area contributed by atoms with Gasteiger partial charge in [-0.05, 0) is 34.8 Å². The number of aromatic nitrogens is 1. The molecule has 1 aromatic heterocycles. The standard InChI is InChI=1S/C14H21BrN2O3/c1-3-5-11(8-13(18)19)16-14(20)12-7-10(15)9-17(12)6-4-2/h7,9,11H,3-6,8H2,1-2H3,(H,16,20)(H,18,19). The molecule has 0 fully saturated rings. The topological polar surface area (TPSA) is 71.3 Å². The van der Waals surface area contributed by atoms with E-state index in [1.165, 1.54) is 0 Å². The van der Waals surface area contributed by atoms with E-state index in [2.05, 4.69) is 21.2 Å². The van der Waals surface area contributed by atoms with Crippen LogP contribution in [0.1, 0.15) is 50.0 Å². The number of carbonyl (C=O) groups excluding carboxylic acids is 1. The minimum Gasteiger partial charge on any atom is -0.481 e. The van der Waals surface area contributed by atoms with E-state index in [4.69, 9.17) is 5.11 Å². The number of hydrogen-bond acceptors (Lipinski definition) is 2. The molecule has 0 bridgehead atoms. The summed E-state index contributed by atoms with van der Waals surface area (Å²) >= 11 is 3.36. The van der Waals surface area contributed by atoms with Crippen molar-refractivity contribution in [2.24, 2.45) is 0 Å². The molecule has 0 saturated carbocycles. The summed E-state index contributed by atoms with van der Waals surface area (Å²) in [6, 6.07) is 1.43. The number of halogens is 1. The molecule has 0 spiro atoms. The van der Waals surface area contributed by atoms with Gasteiger partial charge < -0.3 is 15.0 Å². The maximum atomic E-state index is 12.3. The molecule has 1 amide bonds. The van der Waals surface area contributed by atoms with Gasteiger partial charge in [-0.3, -0.25) is 9.59 Å². The van der Waals surface area contributed by atoms with Crippen molar-refractivity contribution in [2.45, 2.75) is 52.1 Å². The van der Waals surface area contributed by atoms with Crippen molar-refractivity contribution in [3.63, 3.8) is 0 Å². The van der Waals surface area contributed by atoms with Gasteiger partial charge in [0.1, 0.15) is 5.69 Å². The number of carboxylic acid groups (broad SMARTS) is 1. The average molecular weight is 345 g/mol. The molecule has 0 aliphatic heterocycles. The molecule has 2 N–H and O–H groups in total. The minimum atomic E-state index is -0.895. The molecule has 1 atom stereocenters. The lowest BCUT2D eigenvalue weighted by atomic mass is 10.1. The minimum absolute atomic E-state index is 0.0464. The molecule has 20 heavy (non-hydrogen) atoms. The SMILES string of the molecule is CCCC(CC(=O)O)NC(=O)c1cc(Br)cn1CCC. The smallest absolute Gasteiger partial charge is 0.305 e. The Balaban J connectivity index is 2.79. The van der Waals surface area contributed by atoms with E-state index in [1.54, 1.807) is 6.07 Å². The molecule has 112 valence electrons. The van der Waals surface area contributed by atoms with E-state index in [-0.39, 0.29) is 18.4 Å². The number of carboxylic acids is 1. The van der Waals surface area contributed by atoms with Crippen LogP contribution in [0.15, 0.2) is 16.7 Å². The number of rotatable bonds is 8. The lowest BCUT2D eigenvalue weighted by Gasteiger charge is -2.17. The first-order chi connectivity index (χ1) is 9.47. The van der Waals surface area contributed by atoms with Crippen LogP contribution in [-0.2, 0) is 11.3 Å². The predicted octanol–water partition coefficient (Wildman–Crippen LogP) is 3.03. The Hall–Kier alpha value is -1.30. The quantitative estimate of drug-likeness (QED) is 0.761. The molecule has 0 saturated heterocycles. The zero-order valence-corrected chi connectivity index (χ0v) is 13.4. The Bertz CT molecular complexity index is 471. The van der Waals surface area contributed by atoms with Gasteiger partial charge in [0, 0.05) is 23.3 Å². The van der Waals surface area contributed by atoms with Gasteiger partial charge in [0.15, 0.2) is 0 Å². The van der Waals surface area contributed by atoms with Gasteiger partial charge in [-0.2, -0.15) is 0 Å². The summed E-state index contributed by atoms with van der Waals surface area (Å²) in [5.74, 6) is -1.11. The van der Waals surface area contributed by atoms with E-state index < -0.39 is 5.97 Å². The zero-order chi connectivity index (χ0) is 15.1. The van der Waals surface area contributed by atoms with Crippen LogP contribution in [0.25, 0.3) is 0 Å². The molecular weight excluding hydrogens is 324 g/mol. The Morgan fingerprint density at radius 2 is 2.10 bits per heavy atom. The molecule has 1 rings (SSSR count). The number of nitrogens with zero attached hydrogens (tertiary/aromatic N) is 1. The summed E-state index contributed by atoms with van der Waals surface area (Å²) in [5.41, 5.74) is 0.560. The van der Waals surface area contributed by atoms with Gasteiger partial charge in [-0.1, -0.05) is 20.3 Å². The first-order valence-corrected chi connectivity index (χ1v) is 7.65. The average Bonchev–Trinajstić information content (AvgIpc) is 2.70. The number of amides is 1. The van der Waals surface area contributed by atoms with Gasteiger partial charge >= 0.3 is 5.97 Å². The van der Waals surface area contributed by atoms with Crippen LogP contribution >= 0.6 is 15.9 Å². The molecule has 0 aliphatic rings. The number of aliphatic carboxylic acids is 1. The van der Waals surface area contributed by atoms with Crippen molar-refractivity contribution in [2.75, 3.05) is 0 Å². The van der Waals surface area contributed by atoms with E-state index in [0.29, 0.717) is 12.1 Å². The second kappa shape index (κ2) is 8.09. The number of aryl methyl sites for hydroxylation is 1. The molecule has 0 aliphatic carbocycles. The molecule has 1 unspecified atom stereocenters. The molecule has 6 heteroatoms. The van der Waals surface area contributed by atoms with Crippen molar-refractivity contribution in [1.29, 1.82) is 0 Å². The third-order valence-electron chi connectivity index (χ3n) is 2.95. The van der Waals surface area contributed by atoms with Crippen molar-refractivity contribution >= 4 is 27.8 Å². The summed E-state index contributed by atoms with van der Waals surface area (Å²) in [6.07, 6.45) is 4.24. The largest absolute Gasteiger partial charge is 0.481 e. The molecule has 5 nitrogen and oxygen atoms in total. The number of carbonyl (C=O) groups is 2. The Morgan fingerprint density at radius 3 is 2.65 bits per heavy atom. The molecule has 0 radical (unpaired) electrons. The highest BCUT2D eigenvalue weighted by atomic mass is 79.9. The first kappa shape index (κ1) is 16.8. The number of nitrogens with one attached hydrogen (secondary N) is 1. The molecule has 0 aromatic carbocycles. The van der Waals surface area contributed by atoms with Crippen LogP contribution in [0.2, 0.25) is 0 Å². The maximum Gasteiger partial charge on any atom is 0.305 e. The Labute approximate surface area is 127 Å². The lowest BCUT2D eigenvalue weighted by molar-refractivity contribution is -0.137. The normalized spacial score (nSPS) is 12.2. The fourth-order valence-electron chi connectivity index (χ4n) is 2.13.